The number of anilines is 1. The number of phosphoric acid groups is 3. The minimum absolute atomic E-state index is 0.145. The highest BCUT2D eigenvalue weighted by molar-refractivity contribution is 7.66. The second-order valence-electron chi connectivity index (χ2n) is 7.66. The zero-order valence-electron chi connectivity index (χ0n) is 16.6. The molecule has 0 amide bonds. The molecular weight excluding hydrogens is 498 g/mol. The summed E-state index contributed by atoms with van der Waals surface area (Å²) in [6.45, 7) is 2.06. The van der Waals surface area contributed by atoms with E-state index in [1.165, 1.54) is 12.7 Å². The number of rotatable bonds is 9. The van der Waals surface area contributed by atoms with Crippen LogP contribution in [0.1, 0.15) is 19.9 Å². The van der Waals surface area contributed by atoms with Crippen LogP contribution >= 0.6 is 23.5 Å². The smallest absolute Gasteiger partial charge is 0.382 e. The molecule has 5 atom stereocenters. The van der Waals surface area contributed by atoms with Crippen molar-refractivity contribution < 1.29 is 50.8 Å². The summed E-state index contributed by atoms with van der Waals surface area (Å²) in [4.78, 5) is 48.2. The molecule has 0 radical (unpaired) electrons. The summed E-state index contributed by atoms with van der Waals surface area (Å²) in [6, 6.07) is -0.499. The monoisotopic (exact) mass is 519 g/mol. The third kappa shape index (κ3) is 5.10. The Bertz CT molecular complexity index is 1150. The number of hydrogen-bond acceptors (Lipinski definition) is 10. The van der Waals surface area contributed by atoms with E-state index in [-0.39, 0.29) is 5.82 Å². The van der Waals surface area contributed by atoms with Crippen LogP contribution in [-0.2, 0) is 26.8 Å². The molecule has 0 aromatic carbocycles. The van der Waals surface area contributed by atoms with Crippen molar-refractivity contribution in [3.63, 3.8) is 0 Å². The number of alkyl halides is 1. The van der Waals surface area contributed by atoms with Crippen molar-refractivity contribution in [3.05, 3.63) is 12.7 Å². The lowest BCUT2D eigenvalue weighted by Crippen LogP contribution is -2.56. The molecule has 0 aliphatic heterocycles. The molecule has 0 spiro atoms. The predicted octanol–water partition coefficient (Wildman–Crippen LogP) is 1.53. The SMILES string of the molecule is CC1(C)[C@H](COP(=O)(O)OP(=O)(O)OP(=O)(O)O)[C@@H](CF)[C@@H]1n1cnc2c(N)ncnc21. The Balaban J connectivity index is 1.76. The molecule has 2 unspecified atom stereocenters. The summed E-state index contributed by atoms with van der Waals surface area (Å²) in [5.74, 6) is -1.25. The van der Waals surface area contributed by atoms with Gasteiger partial charge in [-0.25, -0.2) is 28.6 Å². The maximum atomic E-state index is 13.9. The molecular formula is C13H21FN5O10P3. The van der Waals surface area contributed by atoms with E-state index in [0.717, 1.165) is 0 Å². The number of phosphoric ester groups is 1. The average Bonchev–Trinajstić information content (AvgIpc) is 3.01. The molecule has 15 nitrogen and oxygen atoms in total. The highest BCUT2D eigenvalue weighted by atomic mass is 31.3. The summed E-state index contributed by atoms with van der Waals surface area (Å²) >= 11 is 0. The quantitative estimate of drug-likeness (QED) is 0.296. The minimum atomic E-state index is -5.64. The summed E-state index contributed by atoms with van der Waals surface area (Å²) in [5.41, 5.74) is 5.75. The first kappa shape index (κ1) is 25.3. The van der Waals surface area contributed by atoms with Crippen molar-refractivity contribution in [1.29, 1.82) is 0 Å². The van der Waals surface area contributed by atoms with Gasteiger partial charge in [-0.3, -0.25) is 8.91 Å². The molecule has 1 saturated carbocycles. The van der Waals surface area contributed by atoms with Crippen LogP contribution in [0.2, 0.25) is 0 Å². The molecule has 3 rings (SSSR count). The van der Waals surface area contributed by atoms with Crippen molar-refractivity contribution in [2.75, 3.05) is 19.0 Å². The second-order valence-corrected chi connectivity index (χ2v) is 12.1. The van der Waals surface area contributed by atoms with Crippen LogP contribution in [-0.4, -0.2) is 52.4 Å². The highest BCUT2D eigenvalue weighted by Crippen LogP contribution is 2.67. The largest absolute Gasteiger partial charge is 0.490 e. The molecule has 19 heteroatoms. The third-order valence-electron chi connectivity index (χ3n) is 5.34. The van der Waals surface area contributed by atoms with E-state index in [1.807, 2.05) is 0 Å². The first-order valence-corrected chi connectivity index (χ1v) is 13.4. The number of hydrogen-bond donors (Lipinski definition) is 5. The number of fused-ring (bicyclic) bond motifs is 1. The molecule has 6 N–H and O–H groups in total. The summed E-state index contributed by atoms with van der Waals surface area (Å²) in [5, 5.41) is 0. The van der Waals surface area contributed by atoms with Crippen LogP contribution in [0.4, 0.5) is 10.2 Å². The normalized spacial score (nSPS) is 26.9. The van der Waals surface area contributed by atoms with Crippen LogP contribution in [0.3, 0.4) is 0 Å². The maximum absolute atomic E-state index is 13.9. The van der Waals surface area contributed by atoms with Gasteiger partial charge < -0.3 is 29.9 Å². The maximum Gasteiger partial charge on any atom is 0.490 e. The van der Waals surface area contributed by atoms with Crippen molar-refractivity contribution in [2.24, 2.45) is 17.3 Å². The Hall–Kier alpha value is -1.31. The van der Waals surface area contributed by atoms with Gasteiger partial charge in [-0.2, -0.15) is 8.62 Å². The molecule has 0 bridgehead atoms. The average molecular weight is 519 g/mol. The van der Waals surface area contributed by atoms with Gasteiger partial charge >= 0.3 is 23.5 Å². The standard InChI is InChI=1S/C13H21FN5O10P3/c1-13(2)8(4-27-31(23,24)29-32(25,26)28-30(20,21)22)7(3-14)10(13)19-6-18-9-11(15)16-5-17-12(9)19/h5-8,10H,3-4H2,1-2H3,(H,23,24)(H,25,26)(H2,15,16,17)(H2,20,21,22)/t7-,8-,10+/m1/s1. The molecule has 1 aliphatic rings. The van der Waals surface area contributed by atoms with Gasteiger partial charge in [0.15, 0.2) is 11.5 Å². The number of nitrogens with two attached hydrogens (primary N) is 1. The minimum Gasteiger partial charge on any atom is -0.382 e. The fourth-order valence-corrected chi connectivity index (χ4v) is 7.11. The number of imidazole rings is 1. The van der Waals surface area contributed by atoms with Crippen LogP contribution in [0.25, 0.3) is 11.2 Å². The van der Waals surface area contributed by atoms with Gasteiger partial charge in [0.05, 0.1) is 19.6 Å². The van der Waals surface area contributed by atoms with E-state index in [2.05, 4.69) is 23.6 Å². The van der Waals surface area contributed by atoms with E-state index in [9.17, 15) is 27.9 Å². The molecule has 180 valence electrons. The Morgan fingerprint density at radius 3 is 2.38 bits per heavy atom. The van der Waals surface area contributed by atoms with E-state index in [0.29, 0.717) is 11.2 Å². The molecule has 1 aliphatic carbocycles. The first-order chi connectivity index (χ1) is 14.6. The lowest BCUT2D eigenvalue weighted by Gasteiger charge is -2.57. The van der Waals surface area contributed by atoms with E-state index in [4.69, 9.17) is 20.0 Å². The summed E-state index contributed by atoms with van der Waals surface area (Å²) in [6.07, 6.45) is 2.67. The lowest BCUT2D eigenvalue weighted by molar-refractivity contribution is -0.114. The van der Waals surface area contributed by atoms with Crippen molar-refractivity contribution >= 4 is 40.4 Å². The van der Waals surface area contributed by atoms with E-state index < -0.39 is 60.0 Å². The van der Waals surface area contributed by atoms with Crippen LogP contribution in [0, 0.1) is 17.3 Å². The lowest BCUT2D eigenvalue weighted by atomic mass is 9.52. The number of halogens is 1. The molecule has 2 aromatic heterocycles. The third-order valence-corrected chi connectivity index (χ3v) is 9.14. The van der Waals surface area contributed by atoms with Crippen LogP contribution in [0.5, 0.6) is 0 Å². The molecule has 32 heavy (non-hydrogen) atoms. The highest BCUT2D eigenvalue weighted by Gasteiger charge is 2.58. The second kappa shape index (κ2) is 8.48. The Morgan fingerprint density at radius 2 is 1.78 bits per heavy atom. The summed E-state index contributed by atoms with van der Waals surface area (Å²) in [7, 11) is -16.5. The van der Waals surface area contributed by atoms with Crippen molar-refractivity contribution in [1.82, 2.24) is 19.5 Å². The summed E-state index contributed by atoms with van der Waals surface area (Å²) < 4.78 is 61.8. The zero-order valence-corrected chi connectivity index (χ0v) is 19.3. The van der Waals surface area contributed by atoms with Gasteiger partial charge in [-0.1, -0.05) is 13.8 Å². The van der Waals surface area contributed by atoms with E-state index in [1.54, 1.807) is 18.4 Å². The van der Waals surface area contributed by atoms with Gasteiger partial charge in [0, 0.05) is 12.0 Å². The molecule has 1 fully saturated rings. The first-order valence-electron chi connectivity index (χ1n) is 8.85. The molecule has 0 saturated heterocycles. The van der Waals surface area contributed by atoms with Gasteiger partial charge in [0.1, 0.15) is 11.8 Å². The number of nitrogen functional groups attached to an aromatic ring is 1. The Morgan fingerprint density at radius 1 is 1.12 bits per heavy atom. The van der Waals surface area contributed by atoms with Crippen LogP contribution < -0.4 is 5.73 Å². The number of nitrogens with zero attached hydrogens (tertiary/aromatic N) is 4. The van der Waals surface area contributed by atoms with Crippen molar-refractivity contribution in [2.45, 2.75) is 19.9 Å². The topological polar surface area (TPSA) is 229 Å². The van der Waals surface area contributed by atoms with Crippen molar-refractivity contribution in [3.8, 4) is 0 Å². The zero-order chi connectivity index (χ0) is 24.1. The van der Waals surface area contributed by atoms with Gasteiger partial charge in [-0.15, -0.1) is 0 Å². The van der Waals surface area contributed by atoms with E-state index >= 15 is 0 Å². The fraction of sp³-hybridized carbons (Fsp3) is 0.615. The Labute approximate surface area is 180 Å². The van der Waals surface area contributed by atoms with Gasteiger partial charge in [0.2, 0.25) is 0 Å². The van der Waals surface area contributed by atoms with Crippen LogP contribution in [0.15, 0.2) is 12.7 Å². The van der Waals surface area contributed by atoms with Gasteiger partial charge in [0.25, 0.3) is 0 Å². The Kier molecular flexibility index (Phi) is 6.71. The number of aromatic nitrogens is 4. The predicted molar refractivity (Wildman–Crippen MR) is 105 cm³/mol. The molecule has 2 heterocycles. The fourth-order valence-electron chi connectivity index (χ4n) is 4.07. The van der Waals surface area contributed by atoms with Gasteiger partial charge in [-0.05, 0) is 11.3 Å². The molecule has 2 aromatic rings.